The second-order valence-electron chi connectivity index (χ2n) is 6.03. The average Bonchev–Trinajstić information content (AvgIpc) is 3.05. The minimum Gasteiger partial charge on any atom is -0.465 e. The van der Waals surface area contributed by atoms with Crippen LogP contribution in [0.2, 0.25) is 0 Å². The number of hydrogen-bond acceptors (Lipinski definition) is 5. The van der Waals surface area contributed by atoms with E-state index in [0.29, 0.717) is 28.4 Å². The highest BCUT2D eigenvalue weighted by molar-refractivity contribution is 9.10. The molecule has 4 aromatic rings. The third kappa shape index (κ3) is 3.39. The molecule has 4 rings (SSSR count). The van der Waals surface area contributed by atoms with Crippen molar-refractivity contribution in [2.24, 2.45) is 0 Å². The number of nitrogens with two attached hydrogens (primary N) is 1. The van der Waals surface area contributed by atoms with Gasteiger partial charge in [0.1, 0.15) is 11.3 Å². The van der Waals surface area contributed by atoms with Crippen LogP contribution in [0.1, 0.15) is 5.56 Å². The number of anilines is 1. The molecule has 0 aliphatic carbocycles. The zero-order valence-electron chi connectivity index (χ0n) is 14.5. The number of amides is 1. The molecule has 0 bridgehead atoms. The van der Waals surface area contributed by atoms with E-state index < -0.39 is 6.09 Å². The van der Waals surface area contributed by atoms with E-state index in [1.54, 1.807) is 18.5 Å². The van der Waals surface area contributed by atoms with Gasteiger partial charge >= 0.3 is 6.09 Å². The van der Waals surface area contributed by atoms with Crippen molar-refractivity contribution in [1.29, 1.82) is 0 Å². The normalized spacial score (nSPS) is 10.9. The molecule has 3 heterocycles. The number of benzene rings is 1. The smallest absolute Gasteiger partial charge is 0.404 e. The Balaban J connectivity index is 1.86. The van der Waals surface area contributed by atoms with Gasteiger partial charge in [0.25, 0.3) is 0 Å². The predicted octanol–water partition coefficient (Wildman–Crippen LogP) is 3.59. The molecule has 0 fully saturated rings. The Bertz CT molecular complexity index is 1170. The van der Waals surface area contributed by atoms with E-state index in [1.165, 1.54) is 0 Å². The highest BCUT2D eigenvalue weighted by Crippen LogP contribution is 2.31. The maximum atomic E-state index is 10.7. The molecule has 0 spiro atoms. The van der Waals surface area contributed by atoms with E-state index in [9.17, 15) is 4.79 Å². The number of fused-ring (bicyclic) bond motifs is 1. The van der Waals surface area contributed by atoms with Crippen molar-refractivity contribution in [3.63, 3.8) is 0 Å². The van der Waals surface area contributed by atoms with Crippen LogP contribution in [0.15, 0.2) is 59.3 Å². The number of carboxylic acid groups (broad SMARTS) is 1. The van der Waals surface area contributed by atoms with Crippen LogP contribution in [-0.4, -0.2) is 30.7 Å². The summed E-state index contributed by atoms with van der Waals surface area (Å²) in [5.41, 5.74) is 9.85. The van der Waals surface area contributed by atoms with Crippen molar-refractivity contribution in [3.8, 4) is 17.1 Å². The molecular weight excluding hydrogens is 424 g/mol. The molecule has 0 aliphatic heterocycles. The van der Waals surface area contributed by atoms with Crippen LogP contribution in [-0.2, 0) is 6.54 Å². The maximum Gasteiger partial charge on any atom is 0.404 e. The molecule has 0 saturated carbocycles. The minimum absolute atomic E-state index is 0.230. The van der Waals surface area contributed by atoms with Crippen LogP contribution in [0.3, 0.4) is 0 Å². The zero-order chi connectivity index (χ0) is 19.7. The minimum atomic E-state index is -1.06. The van der Waals surface area contributed by atoms with Crippen molar-refractivity contribution in [2.45, 2.75) is 6.54 Å². The number of pyridine rings is 2. The van der Waals surface area contributed by atoms with Gasteiger partial charge in [0.05, 0.1) is 5.56 Å². The Kier molecular flexibility index (Phi) is 4.66. The molecule has 0 saturated heterocycles. The van der Waals surface area contributed by atoms with Crippen LogP contribution >= 0.6 is 15.9 Å². The molecule has 1 aromatic carbocycles. The first-order valence-corrected chi connectivity index (χ1v) is 9.13. The Morgan fingerprint density at radius 3 is 2.71 bits per heavy atom. The number of halogens is 1. The summed E-state index contributed by atoms with van der Waals surface area (Å²) in [5.74, 6) is 1.00. The summed E-state index contributed by atoms with van der Waals surface area (Å²) in [6.07, 6.45) is 2.28. The third-order valence-corrected chi connectivity index (χ3v) is 4.62. The quantitative estimate of drug-likeness (QED) is 0.447. The molecule has 140 valence electrons. The molecule has 0 atom stereocenters. The summed E-state index contributed by atoms with van der Waals surface area (Å²) in [5, 5.41) is 11.1. The second-order valence-corrected chi connectivity index (χ2v) is 6.94. The largest absolute Gasteiger partial charge is 0.465 e. The fraction of sp³-hybridized carbons (Fsp3) is 0.0526. The van der Waals surface area contributed by atoms with Gasteiger partial charge in [-0.05, 0) is 51.8 Å². The summed E-state index contributed by atoms with van der Waals surface area (Å²) in [6, 6.07) is 13.0. The highest BCUT2D eigenvalue weighted by Gasteiger charge is 2.18. The topological polar surface area (TPSA) is 119 Å². The lowest BCUT2D eigenvalue weighted by Crippen LogP contribution is -2.19. The van der Waals surface area contributed by atoms with Gasteiger partial charge in [-0.1, -0.05) is 12.1 Å². The molecule has 1 amide bonds. The van der Waals surface area contributed by atoms with Crippen molar-refractivity contribution in [2.75, 3.05) is 5.73 Å². The van der Waals surface area contributed by atoms with Crippen LogP contribution in [0, 0.1) is 0 Å². The van der Waals surface area contributed by atoms with Crippen molar-refractivity contribution >= 4 is 39.0 Å². The van der Waals surface area contributed by atoms with Crippen molar-refractivity contribution in [3.05, 3.63) is 64.9 Å². The van der Waals surface area contributed by atoms with Gasteiger partial charge in [-0.15, -0.1) is 0 Å². The summed E-state index contributed by atoms with van der Waals surface area (Å²) in [6.45, 7) is 0.230. The van der Waals surface area contributed by atoms with Gasteiger partial charge in [-0.3, -0.25) is 4.57 Å². The number of rotatable bonds is 4. The lowest BCUT2D eigenvalue weighted by Gasteiger charge is -2.11. The lowest BCUT2D eigenvalue weighted by molar-refractivity contribution is 0.194. The molecule has 0 unspecified atom stereocenters. The first-order valence-electron chi connectivity index (χ1n) is 8.34. The van der Waals surface area contributed by atoms with Gasteiger partial charge in [-0.25, -0.2) is 19.7 Å². The molecule has 3 aromatic heterocycles. The molecule has 0 aliphatic rings. The van der Waals surface area contributed by atoms with Gasteiger partial charge in [0.2, 0.25) is 0 Å². The van der Waals surface area contributed by atoms with E-state index in [1.807, 2.05) is 41.0 Å². The number of hydrogen-bond donors (Lipinski definition) is 3. The monoisotopic (exact) mass is 438 g/mol. The summed E-state index contributed by atoms with van der Waals surface area (Å²) in [4.78, 5) is 24.1. The van der Waals surface area contributed by atoms with Crippen LogP contribution < -0.4 is 11.1 Å². The molecular formula is C19H15BrN6O2. The lowest BCUT2D eigenvalue weighted by atomic mass is 10.2. The van der Waals surface area contributed by atoms with Crippen LogP contribution in [0.5, 0.6) is 0 Å². The molecule has 8 nitrogen and oxygen atoms in total. The number of carbonyl (C=O) groups is 1. The fourth-order valence-corrected chi connectivity index (χ4v) is 3.23. The Hall–Kier alpha value is -3.46. The van der Waals surface area contributed by atoms with Gasteiger partial charge in [0.15, 0.2) is 11.5 Å². The Labute approximate surface area is 168 Å². The third-order valence-electron chi connectivity index (χ3n) is 4.18. The molecule has 9 heteroatoms. The Morgan fingerprint density at radius 2 is 2.00 bits per heavy atom. The van der Waals surface area contributed by atoms with E-state index in [2.05, 4.69) is 31.2 Å². The summed E-state index contributed by atoms with van der Waals surface area (Å²) < 4.78 is 2.73. The highest BCUT2D eigenvalue weighted by atomic mass is 79.9. The first-order chi connectivity index (χ1) is 13.5. The SMILES string of the molecule is Nc1ncccc1-c1nc2cc(Br)cnc2n1-c1ccc(CNC(=O)O)cc1. The number of aromatic nitrogens is 4. The zero-order valence-corrected chi connectivity index (χ0v) is 16.1. The van der Waals surface area contributed by atoms with Crippen LogP contribution in [0.25, 0.3) is 28.2 Å². The van der Waals surface area contributed by atoms with Gasteiger partial charge in [0, 0.05) is 29.1 Å². The van der Waals surface area contributed by atoms with Gasteiger partial charge in [-0.2, -0.15) is 0 Å². The predicted molar refractivity (Wildman–Crippen MR) is 109 cm³/mol. The van der Waals surface area contributed by atoms with Crippen molar-refractivity contribution in [1.82, 2.24) is 24.8 Å². The molecule has 4 N–H and O–H groups in total. The fourth-order valence-electron chi connectivity index (χ4n) is 2.91. The van der Waals surface area contributed by atoms with E-state index in [4.69, 9.17) is 15.8 Å². The van der Waals surface area contributed by atoms with E-state index in [-0.39, 0.29) is 6.54 Å². The number of nitrogens with one attached hydrogen (secondary N) is 1. The summed E-state index contributed by atoms with van der Waals surface area (Å²) >= 11 is 3.43. The first kappa shape index (κ1) is 17.9. The molecule has 0 radical (unpaired) electrons. The Morgan fingerprint density at radius 1 is 1.21 bits per heavy atom. The number of nitrogens with zero attached hydrogens (tertiary/aromatic N) is 4. The standard InChI is InChI=1S/C19H15BrN6O2/c20-12-8-15-18(23-10-12)26(17(25-15)14-2-1-7-22-16(14)21)13-5-3-11(4-6-13)9-24-19(27)28/h1-8,10,24H,9H2,(H2,21,22)(H,27,28). The van der Waals surface area contributed by atoms with Gasteiger partial charge < -0.3 is 16.2 Å². The number of imidazole rings is 1. The second kappa shape index (κ2) is 7.28. The molecule has 28 heavy (non-hydrogen) atoms. The van der Waals surface area contributed by atoms with Crippen molar-refractivity contribution < 1.29 is 9.90 Å². The van der Waals surface area contributed by atoms with Crippen LogP contribution in [0.4, 0.5) is 10.6 Å². The summed E-state index contributed by atoms with van der Waals surface area (Å²) in [7, 11) is 0. The van der Waals surface area contributed by atoms with E-state index in [0.717, 1.165) is 15.7 Å². The maximum absolute atomic E-state index is 10.7. The number of nitrogen functional groups attached to an aromatic ring is 1. The van der Waals surface area contributed by atoms with E-state index >= 15 is 0 Å². The average molecular weight is 439 g/mol.